The van der Waals surface area contributed by atoms with Gasteiger partial charge in [0.25, 0.3) is 5.91 Å². The van der Waals surface area contributed by atoms with E-state index in [1.54, 1.807) is 6.07 Å². The molecule has 0 bridgehead atoms. The molecule has 106 valence electrons. The second-order valence-corrected chi connectivity index (χ2v) is 5.37. The summed E-state index contributed by atoms with van der Waals surface area (Å²) < 4.78 is 5.53. The number of rotatable bonds is 3. The number of amides is 1. The smallest absolute Gasteiger partial charge is 0.287 e. The Morgan fingerprint density at radius 3 is 3.25 bits per heavy atom. The molecule has 5 heteroatoms. The van der Waals surface area contributed by atoms with Gasteiger partial charge in [-0.1, -0.05) is 0 Å². The second kappa shape index (κ2) is 5.63. The normalized spacial score (nSPS) is 19.1. The van der Waals surface area contributed by atoms with Crippen LogP contribution in [-0.4, -0.2) is 30.5 Å². The van der Waals surface area contributed by atoms with Gasteiger partial charge in [0.2, 0.25) is 0 Å². The van der Waals surface area contributed by atoms with E-state index in [1.165, 1.54) is 6.42 Å². The average molecular weight is 273 g/mol. The van der Waals surface area contributed by atoms with Gasteiger partial charge in [-0.2, -0.15) is 0 Å². The molecule has 3 rings (SSSR count). The van der Waals surface area contributed by atoms with Gasteiger partial charge in [0.15, 0.2) is 11.3 Å². The summed E-state index contributed by atoms with van der Waals surface area (Å²) in [7, 11) is 0. The first kappa shape index (κ1) is 13.1. The predicted molar refractivity (Wildman–Crippen MR) is 76.7 cm³/mol. The van der Waals surface area contributed by atoms with Crippen LogP contribution in [0.15, 0.2) is 22.6 Å². The van der Waals surface area contributed by atoms with Crippen molar-refractivity contribution in [3.05, 3.63) is 29.7 Å². The van der Waals surface area contributed by atoms with Crippen LogP contribution in [0.25, 0.3) is 11.1 Å². The second-order valence-electron chi connectivity index (χ2n) is 5.37. The molecule has 1 aliphatic rings. The van der Waals surface area contributed by atoms with E-state index in [9.17, 15) is 4.79 Å². The summed E-state index contributed by atoms with van der Waals surface area (Å²) in [6.07, 6.45) is 2.34. The Bertz CT molecular complexity index is 615. The maximum atomic E-state index is 12.1. The average Bonchev–Trinajstić information content (AvgIpc) is 2.89. The maximum Gasteiger partial charge on any atom is 0.287 e. The number of nitrogens with zero attached hydrogens (tertiary/aromatic N) is 1. The number of aryl methyl sites for hydroxylation is 1. The number of fused-ring (bicyclic) bond motifs is 1. The van der Waals surface area contributed by atoms with Crippen molar-refractivity contribution in [3.63, 3.8) is 0 Å². The van der Waals surface area contributed by atoms with E-state index in [0.717, 1.165) is 30.7 Å². The summed E-state index contributed by atoms with van der Waals surface area (Å²) in [5.41, 5.74) is 2.30. The van der Waals surface area contributed by atoms with Gasteiger partial charge in [-0.15, -0.1) is 0 Å². The quantitative estimate of drug-likeness (QED) is 0.896. The fraction of sp³-hybridized carbons (Fsp3) is 0.467. The molecule has 20 heavy (non-hydrogen) atoms. The van der Waals surface area contributed by atoms with E-state index >= 15 is 0 Å². The highest BCUT2D eigenvalue weighted by Gasteiger charge is 2.17. The van der Waals surface area contributed by atoms with Crippen LogP contribution in [-0.2, 0) is 0 Å². The lowest BCUT2D eigenvalue weighted by Crippen LogP contribution is -2.38. The summed E-state index contributed by atoms with van der Waals surface area (Å²) in [5, 5.41) is 6.29. The van der Waals surface area contributed by atoms with Crippen LogP contribution in [0.4, 0.5) is 0 Å². The third kappa shape index (κ3) is 2.82. The first-order chi connectivity index (χ1) is 9.72. The molecule has 1 amide bonds. The molecule has 2 aromatic heterocycles. The van der Waals surface area contributed by atoms with Gasteiger partial charge >= 0.3 is 0 Å². The molecule has 2 aromatic rings. The fourth-order valence-corrected chi connectivity index (χ4v) is 2.56. The van der Waals surface area contributed by atoms with Crippen LogP contribution < -0.4 is 10.6 Å². The van der Waals surface area contributed by atoms with Crippen molar-refractivity contribution in [1.82, 2.24) is 15.6 Å². The highest BCUT2D eigenvalue weighted by Crippen LogP contribution is 2.18. The van der Waals surface area contributed by atoms with Crippen molar-refractivity contribution in [2.24, 2.45) is 5.92 Å². The number of pyridine rings is 1. The summed E-state index contributed by atoms with van der Waals surface area (Å²) in [5.74, 6) is 0.686. The first-order valence-electron chi connectivity index (χ1n) is 7.08. The van der Waals surface area contributed by atoms with E-state index in [4.69, 9.17) is 4.42 Å². The van der Waals surface area contributed by atoms with Crippen LogP contribution in [0.5, 0.6) is 0 Å². The summed E-state index contributed by atoms with van der Waals surface area (Å²) in [4.78, 5) is 16.4. The Hall–Kier alpha value is -1.88. The van der Waals surface area contributed by atoms with Crippen molar-refractivity contribution in [2.45, 2.75) is 19.8 Å². The molecule has 1 unspecified atom stereocenters. The van der Waals surface area contributed by atoms with Crippen LogP contribution in [0.3, 0.4) is 0 Å². The summed E-state index contributed by atoms with van der Waals surface area (Å²) in [6, 6.07) is 5.43. The number of hydrogen-bond donors (Lipinski definition) is 2. The third-order valence-corrected chi connectivity index (χ3v) is 3.69. The topological polar surface area (TPSA) is 67.2 Å². The number of carbonyl (C=O) groups is 1. The molecule has 0 aromatic carbocycles. The number of furan rings is 1. The Morgan fingerprint density at radius 1 is 1.55 bits per heavy atom. The molecule has 0 aliphatic carbocycles. The zero-order valence-electron chi connectivity index (χ0n) is 11.6. The predicted octanol–water partition coefficient (Wildman–Crippen LogP) is 1.87. The standard InChI is InChI=1S/C15H19N3O2/c1-10-4-5-13-12(18-10)7-14(20-13)15(19)17-9-11-3-2-6-16-8-11/h4-5,7,11,16H,2-3,6,8-9H2,1H3,(H,17,19). The van der Waals surface area contributed by atoms with Crippen molar-refractivity contribution in [2.75, 3.05) is 19.6 Å². The van der Waals surface area contributed by atoms with E-state index in [1.807, 2.05) is 19.1 Å². The Morgan fingerprint density at radius 2 is 2.45 bits per heavy atom. The van der Waals surface area contributed by atoms with E-state index < -0.39 is 0 Å². The molecule has 3 heterocycles. The van der Waals surface area contributed by atoms with Crippen LogP contribution in [0, 0.1) is 12.8 Å². The monoisotopic (exact) mass is 273 g/mol. The van der Waals surface area contributed by atoms with Crippen LogP contribution in [0.1, 0.15) is 29.1 Å². The highest BCUT2D eigenvalue weighted by molar-refractivity contribution is 5.95. The van der Waals surface area contributed by atoms with E-state index in [-0.39, 0.29) is 5.91 Å². The van der Waals surface area contributed by atoms with Gasteiger partial charge in [0, 0.05) is 18.3 Å². The molecule has 2 N–H and O–H groups in total. The molecule has 1 aliphatic heterocycles. The summed E-state index contributed by atoms with van der Waals surface area (Å²) in [6.45, 7) is 4.66. The molecule has 1 fully saturated rings. The van der Waals surface area contributed by atoms with Gasteiger partial charge in [0.1, 0.15) is 5.52 Å². The van der Waals surface area contributed by atoms with Crippen molar-refractivity contribution in [3.8, 4) is 0 Å². The molecule has 5 nitrogen and oxygen atoms in total. The van der Waals surface area contributed by atoms with Crippen molar-refractivity contribution in [1.29, 1.82) is 0 Å². The fourth-order valence-electron chi connectivity index (χ4n) is 2.56. The highest BCUT2D eigenvalue weighted by atomic mass is 16.3. The SMILES string of the molecule is Cc1ccc2oc(C(=O)NCC3CCCNC3)cc2n1. The van der Waals surface area contributed by atoms with E-state index in [0.29, 0.717) is 23.8 Å². The molecular formula is C15H19N3O2. The number of aromatic nitrogens is 1. The molecule has 1 saturated heterocycles. The number of nitrogens with one attached hydrogen (secondary N) is 2. The van der Waals surface area contributed by atoms with Gasteiger partial charge in [-0.25, -0.2) is 4.98 Å². The van der Waals surface area contributed by atoms with Crippen molar-refractivity contribution >= 4 is 17.0 Å². The molecular weight excluding hydrogens is 254 g/mol. The zero-order valence-corrected chi connectivity index (χ0v) is 11.6. The molecule has 0 saturated carbocycles. The van der Waals surface area contributed by atoms with Gasteiger partial charge < -0.3 is 15.1 Å². The molecule has 0 radical (unpaired) electrons. The van der Waals surface area contributed by atoms with E-state index in [2.05, 4.69) is 15.6 Å². The third-order valence-electron chi connectivity index (χ3n) is 3.69. The lowest BCUT2D eigenvalue weighted by Gasteiger charge is -2.22. The summed E-state index contributed by atoms with van der Waals surface area (Å²) >= 11 is 0. The number of hydrogen-bond acceptors (Lipinski definition) is 4. The van der Waals surface area contributed by atoms with Gasteiger partial charge in [0.05, 0.1) is 0 Å². The Labute approximate surface area is 117 Å². The van der Waals surface area contributed by atoms with Crippen LogP contribution in [0.2, 0.25) is 0 Å². The Kier molecular flexibility index (Phi) is 3.69. The minimum atomic E-state index is -0.161. The minimum absolute atomic E-state index is 0.161. The zero-order chi connectivity index (χ0) is 13.9. The first-order valence-corrected chi connectivity index (χ1v) is 7.08. The minimum Gasteiger partial charge on any atom is -0.449 e. The maximum absolute atomic E-state index is 12.1. The number of carbonyl (C=O) groups excluding carboxylic acids is 1. The van der Waals surface area contributed by atoms with Gasteiger partial charge in [-0.05, 0) is 50.9 Å². The number of piperidine rings is 1. The van der Waals surface area contributed by atoms with Gasteiger partial charge in [-0.3, -0.25) is 4.79 Å². The Balaban J connectivity index is 1.65. The van der Waals surface area contributed by atoms with Crippen LogP contribution >= 0.6 is 0 Å². The molecule has 1 atom stereocenters. The lowest BCUT2D eigenvalue weighted by molar-refractivity contribution is 0.0919. The lowest BCUT2D eigenvalue weighted by atomic mass is 10.00. The molecule has 0 spiro atoms. The largest absolute Gasteiger partial charge is 0.449 e. The van der Waals surface area contributed by atoms with Crippen molar-refractivity contribution < 1.29 is 9.21 Å².